The van der Waals surface area contributed by atoms with Gasteiger partial charge < -0.3 is 0 Å². The van der Waals surface area contributed by atoms with Gasteiger partial charge in [-0.05, 0) is 51.1 Å². The molecule has 0 spiro atoms. The van der Waals surface area contributed by atoms with Gasteiger partial charge in [0, 0.05) is 7.05 Å². The lowest BCUT2D eigenvalue weighted by Crippen LogP contribution is -1.93. The van der Waals surface area contributed by atoms with Gasteiger partial charge in [-0.3, -0.25) is 4.68 Å². The molecular weight excluding hydrogens is 262 g/mol. The van der Waals surface area contributed by atoms with Crippen LogP contribution in [0.1, 0.15) is 5.69 Å². The van der Waals surface area contributed by atoms with E-state index in [0.29, 0.717) is 5.69 Å². The molecule has 0 amide bonds. The summed E-state index contributed by atoms with van der Waals surface area (Å²) in [6.07, 6.45) is 0. The number of aromatic nitrogens is 2. The van der Waals surface area contributed by atoms with E-state index in [2.05, 4.69) is 11.2 Å². The van der Waals surface area contributed by atoms with Gasteiger partial charge in [0.1, 0.15) is 11.1 Å². The van der Waals surface area contributed by atoms with Crippen LogP contribution < -0.4 is 0 Å². The third-order valence-corrected chi connectivity index (χ3v) is 9.68. The maximum absolute atomic E-state index is 8.90. The van der Waals surface area contributed by atoms with Gasteiger partial charge in [-0.2, -0.15) is 10.4 Å². The van der Waals surface area contributed by atoms with Crippen molar-refractivity contribution in [1.82, 2.24) is 9.78 Å². The molecule has 0 aromatic carbocycles. The lowest BCUT2D eigenvalue weighted by molar-refractivity contribution is 0.729. The molecule has 2 rings (SSSR count). The molecule has 0 aliphatic carbocycles. The highest BCUT2D eigenvalue weighted by molar-refractivity contribution is 9.36. The van der Waals surface area contributed by atoms with E-state index in [0.717, 1.165) is 9.92 Å². The topological polar surface area (TPSA) is 41.6 Å². The molecule has 0 unspecified atom stereocenters. The Morgan fingerprint density at radius 3 is 2.85 bits per heavy atom. The first-order valence-corrected chi connectivity index (χ1v) is 9.29. The van der Waals surface area contributed by atoms with Gasteiger partial charge in [-0.1, -0.05) is 0 Å². The van der Waals surface area contributed by atoms with E-state index < -0.39 is 0 Å². The predicted molar refractivity (Wildman–Crippen MR) is 62.4 cm³/mol. The minimum Gasteiger partial charge on any atom is -0.256 e. The number of aryl methyl sites for hydroxylation is 1. The first-order valence-electron chi connectivity index (χ1n) is 3.14. The van der Waals surface area contributed by atoms with Crippen LogP contribution >= 0.6 is 51.1 Å². The van der Waals surface area contributed by atoms with Crippen LogP contribution in [0.2, 0.25) is 0 Å². The smallest absolute Gasteiger partial charge is 0.153 e. The highest BCUT2D eigenvalue weighted by atomic mass is 33.8. The SMILES string of the molecule is Cn1nc2c(c1C#N)SSSSS2. The van der Waals surface area contributed by atoms with Gasteiger partial charge in [0.15, 0.2) is 5.69 Å². The van der Waals surface area contributed by atoms with Gasteiger partial charge in [0.25, 0.3) is 0 Å². The van der Waals surface area contributed by atoms with Crippen molar-refractivity contribution >= 4 is 51.1 Å². The van der Waals surface area contributed by atoms with E-state index in [1.54, 1.807) is 62.8 Å². The van der Waals surface area contributed by atoms with Crippen LogP contribution in [-0.2, 0) is 7.05 Å². The number of fused-ring (bicyclic) bond motifs is 1. The highest BCUT2D eigenvalue weighted by Gasteiger charge is 2.20. The molecule has 3 nitrogen and oxygen atoms in total. The second-order valence-corrected chi connectivity index (χ2v) is 9.52. The summed E-state index contributed by atoms with van der Waals surface area (Å²) in [6, 6.07) is 2.17. The van der Waals surface area contributed by atoms with Crippen LogP contribution in [0.4, 0.5) is 0 Å². The van der Waals surface area contributed by atoms with E-state index in [1.807, 2.05) is 0 Å². The zero-order chi connectivity index (χ0) is 9.26. The van der Waals surface area contributed by atoms with Crippen LogP contribution in [0.5, 0.6) is 0 Å². The van der Waals surface area contributed by atoms with Crippen molar-refractivity contribution in [3.63, 3.8) is 0 Å². The molecule has 0 fully saturated rings. The summed E-state index contributed by atoms with van der Waals surface area (Å²) in [4.78, 5) is 0.998. The van der Waals surface area contributed by atoms with E-state index in [-0.39, 0.29) is 0 Å². The Morgan fingerprint density at radius 1 is 1.31 bits per heavy atom. The molecule has 8 heteroatoms. The van der Waals surface area contributed by atoms with Crippen LogP contribution in [0.3, 0.4) is 0 Å². The second-order valence-electron chi connectivity index (χ2n) is 2.09. The fourth-order valence-corrected chi connectivity index (χ4v) is 9.61. The summed E-state index contributed by atoms with van der Waals surface area (Å²) >= 11 is 0. The van der Waals surface area contributed by atoms with E-state index >= 15 is 0 Å². The number of hydrogen-bond acceptors (Lipinski definition) is 7. The van der Waals surface area contributed by atoms with Crippen LogP contribution in [0.25, 0.3) is 0 Å². The monoisotopic (exact) mass is 265 g/mol. The fourth-order valence-electron chi connectivity index (χ4n) is 0.838. The lowest BCUT2D eigenvalue weighted by Gasteiger charge is -1.92. The Hall–Kier alpha value is 0.450. The fraction of sp³-hybridized carbons (Fsp3) is 0.200. The number of nitriles is 1. The van der Waals surface area contributed by atoms with E-state index in [4.69, 9.17) is 5.26 Å². The quantitative estimate of drug-likeness (QED) is 0.666. The Morgan fingerprint density at radius 2 is 2.08 bits per heavy atom. The first kappa shape index (κ1) is 9.98. The summed E-state index contributed by atoms with van der Waals surface area (Å²) in [5.41, 5.74) is 0.656. The average molecular weight is 265 g/mol. The van der Waals surface area contributed by atoms with Gasteiger partial charge in [-0.25, -0.2) is 0 Å². The second kappa shape index (κ2) is 4.31. The molecule has 13 heavy (non-hydrogen) atoms. The summed E-state index contributed by atoms with van der Waals surface area (Å²) < 4.78 is 1.64. The molecule has 0 saturated heterocycles. The van der Waals surface area contributed by atoms with Crippen molar-refractivity contribution in [1.29, 1.82) is 5.26 Å². The number of rotatable bonds is 0. The predicted octanol–water partition coefficient (Wildman–Crippen LogP) is 3.35. The highest BCUT2D eigenvalue weighted by Crippen LogP contribution is 2.59. The molecule has 2 heterocycles. The Labute approximate surface area is 94.4 Å². The van der Waals surface area contributed by atoms with E-state index in [9.17, 15) is 0 Å². The molecule has 68 valence electrons. The normalized spacial score (nSPS) is 16.0. The Bertz CT molecular complexity index is 367. The lowest BCUT2D eigenvalue weighted by atomic mass is 10.5. The Balaban J connectivity index is 2.48. The van der Waals surface area contributed by atoms with Crippen molar-refractivity contribution in [2.75, 3.05) is 0 Å². The van der Waals surface area contributed by atoms with E-state index in [1.165, 1.54) is 0 Å². The van der Waals surface area contributed by atoms with Crippen LogP contribution in [0.15, 0.2) is 9.92 Å². The van der Waals surface area contributed by atoms with Gasteiger partial charge >= 0.3 is 0 Å². The third-order valence-electron chi connectivity index (χ3n) is 1.37. The number of nitrogens with zero attached hydrogens (tertiary/aromatic N) is 3. The molecule has 0 bridgehead atoms. The molecular formula is C5H3N3S5. The van der Waals surface area contributed by atoms with Crippen molar-refractivity contribution < 1.29 is 0 Å². The minimum atomic E-state index is 0.656. The standard InChI is InChI=1S/C5H3N3S5/c1-8-3(2-6)4-5(7-8)10-12-13-11-9-4/h1H3. The Kier molecular flexibility index (Phi) is 3.31. The van der Waals surface area contributed by atoms with Crippen molar-refractivity contribution in [3.05, 3.63) is 5.69 Å². The summed E-state index contributed by atoms with van der Waals surface area (Å²) in [6.45, 7) is 0. The summed E-state index contributed by atoms with van der Waals surface area (Å²) in [5.74, 6) is 0. The molecule has 1 aromatic rings. The average Bonchev–Trinajstić information content (AvgIpc) is 2.32. The van der Waals surface area contributed by atoms with Gasteiger partial charge in [0.2, 0.25) is 0 Å². The third kappa shape index (κ3) is 1.94. The summed E-state index contributed by atoms with van der Waals surface area (Å²) in [5, 5.41) is 14.1. The van der Waals surface area contributed by atoms with Crippen LogP contribution in [-0.4, -0.2) is 9.78 Å². The zero-order valence-corrected chi connectivity index (χ0v) is 10.5. The summed E-state index contributed by atoms with van der Waals surface area (Å²) in [7, 11) is 10.1. The maximum Gasteiger partial charge on any atom is 0.153 e. The van der Waals surface area contributed by atoms with Crippen molar-refractivity contribution in [3.8, 4) is 6.07 Å². The molecule has 1 aromatic heterocycles. The van der Waals surface area contributed by atoms with Gasteiger partial charge in [-0.15, -0.1) is 0 Å². The van der Waals surface area contributed by atoms with Crippen molar-refractivity contribution in [2.24, 2.45) is 7.05 Å². The van der Waals surface area contributed by atoms with Gasteiger partial charge in [0.05, 0.1) is 4.90 Å². The minimum absolute atomic E-state index is 0.656. The molecule has 0 atom stereocenters. The molecule has 1 aliphatic heterocycles. The first-order chi connectivity index (χ1) is 6.33. The molecule has 1 aliphatic rings. The van der Waals surface area contributed by atoms with Crippen molar-refractivity contribution in [2.45, 2.75) is 9.92 Å². The molecule has 0 radical (unpaired) electrons. The largest absolute Gasteiger partial charge is 0.256 e. The van der Waals surface area contributed by atoms with Crippen LogP contribution in [0, 0.1) is 11.3 Å². The molecule has 0 N–H and O–H groups in total. The maximum atomic E-state index is 8.90. The number of hydrogen-bond donors (Lipinski definition) is 0. The zero-order valence-electron chi connectivity index (χ0n) is 6.38. The molecule has 0 saturated carbocycles.